The Morgan fingerprint density at radius 2 is 1.95 bits per heavy atom. The predicted octanol–water partition coefficient (Wildman–Crippen LogP) is -0.235. The minimum absolute atomic E-state index is 0.0531. The van der Waals surface area contributed by atoms with Gasteiger partial charge < -0.3 is 19.3 Å². The molecule has 2 atom stereocenters. The molecule has 0 saturated carbocycles. The van der Waals surface area contributed by atoms with Crippen molar-refractivity contribution in [3.05, 3.63) is 17.7 Å². The molecule has 1 aromatic carbocycles. The summed E-state index contributed by atoms with van der Waals surface area (Å²) in [4.78, 5) is 11.1. The molecule has 2 aliphatic heterocycles. The number of rotatable bonds is 3. The largest absolute Gasteiger partial charge is 0.486 e. The van der Waals surface area contributed by atoms with E-state index in [1.165, 1.54) is 12.1 Å². The van der Waals surface area contributed by atoms with Crippen molar-refractivity contribution >= 4 is 16.1 Å². The van der Waals surface area contributed by atoms with Gasteiger partial charge in [-0.15, -0.1) is 0 Å². The Balaban J connectivity index is 1.89. The molecule has 1 aromatic rings. The Labute approximate surface area is 115 Å². The van der Waals surface area contributed by atoms with Gasteiger partial charge in [-0.3, -0.25) is 4.79 Å². The molecule has 0 bridgehead atoms. The molecule has 0 spiro atoms. The van der Waals surface area contributed by atoms with Crippen molar-refractivity contribution in [3.8, 4) is 17.2 Å². The fourth-order valence-corrected chi connectivity index (χ4v) is 3.87. The number of carbonyl (C=O) groups excluding carboxylic acids is 1. The number of aliphatic hydroxyl groups excluding tert-OH is 1. The second-order valence-electron chi connectivity index (χ2n) is 4.66. The van der Waals surface area contributed by atoms with Crippen LogP contribution in [0.3, 0.4) is 0 Å². The monoisotopic (exact) mass is 300 g/mol. The van der Waals surface area contributed by atoms with Gasteiger partial charge in [0.25, 0.3) is 0 Å². The number of carbonyl (C=O) groups is 1. The maximum Gasteiger partial charge on any atom is 0.231 e. The number of benzene rings is 1. The van der Waals surface area contributed by atoms with E-state index in [0.717, 1.165) is 0 Å². The van der Waals surface area contributed by atoms with E-state index in [2.05, 4.69) is 0 Å². The summed E-state index contributed by atoms with van der Waals surface area (Å²) < 4.78 is 38.6. The third-order valence-corrected chi connectivity index (χ3v) is 4.87. The minimum Gasteiger partial charge on any atom is -0.486 e. The van der Waals surface area contributed by atoms with Gasteiger partial charge >= 0.3 is 0 Å². The molecule has 20 heavy (non-hydrogen) atoms. The highest BCUT2D eigenvalue weighted by atomic mass is 32.2. The first-order chi connectivity index (χ1) is 9.48. The van der Waals surface area contributed by atoms with E-state index in [9.17, 15) is 18.3 Å². The molecule has 0 aliphatic carbocycles. The number of fused-ring (bicyclic) bond motifs is 1. The minimum atomic E-state index is -3.32. The number of aliphatic hydroxyl groups is 1. The molecule has 1 fully saturated rings. The summed E-state index contributed by atoms with van der Waals surface area (Å²) in [5.41, 5.74) is 0.214. The van der Waals surface area contributed by atoms with Crippen molar-refractivity contribution in [2.75, 3.05) is 18.3 Å². The average molecular weight is 300 g/mol. The average Bonchev–Trinajstić information content (AvgIpc) is 2.92. The van der Waals surface area contributed by atoms with Crippen LogP contribution in [0.4, 0.5) is 0 Å². The zero-order valence-corrected chi connectivity index (χ0v) is 11.1. The van der Waals surface area contributed by atoms with Gasteiger partial charge in [0.1, 0.15) is 18.0 Å². The highest BCUT2D eigenvalue weighted by molar-refractivity contribution is 7.91. The summed E-state index contributed by atoms with van der Waals surface area (Å²) in [5, 5.41) is 9.69. The molecule has 108 valence electrons. The van der Waals surface area contributed by atoms with Crippen LogP contribution in [-0.4, -0.2) is 50.3 Å². The summed E-state index contributed by atoms with van der Waals surface area (Å²) >= 11 is 0. The van der Waals surface area contributed by atoms with Crippen molar-refractivity contribution in [1.82, 2.24) is 0 Å². The van der Waals surface area contributed by atoms with Gasteiger partial charge in [-0.2, -0.15) is 0 Å². The molecule has 8 heteroatoms. The maximum absolute atomic E-state index is 11.4. The first kappa shape index (κ1) is 13.2. The Morgan fingerprint density at radius 3 is 2.55 bits per heavy atom. The van der Waals surface area contributed by atoms with Crippen molar-refractivity contribution in [2.45, 2.75) is 12.2 Å². The number of aldehydes is 1. The highest BCUT2D eigenvalue weighted by Gasteiger charge is 2.38. The first-order valence-electron chi connectivity index (χ1n) is 5.92. The quantitative estimate of drug-likeness (QED) is 0.769. The summed E-state index contributed by atoms with van der Waals surface area (Å²) in [6.45, 7) is 0.0531. The normalized spacial score (nSPS) is 26.4. The van der Waals surface area contributed by atoms with Crippen LogP contribution in [0.1, 0.15) is 10.4 Å². The van der Waals surface area contributed by atoms with Crippen LogP contribution < -0.4 is 14.2 Å². The van der Waals surface area contributed by atoms with Crippen molar-refractivity contribution < 1.29 is 32.5 Å². The molecule has 2 aliphatic rings. The lowest BCUT2D eigenvalue weighted by Gasteiger charge is -2.17. The fourth-order valence-electron chi connectivity index (χ4n) is 2.21. The van der Waals surface area contributed by atoms with E-state index in [1.54, 1.807) is 0 Å². The molecule has 7 nitrogen and oxygen atoms in total. The van der Waals surface area contributed by atoms with Crippen LogP contribution in [0.15, 0.2) is 12.1 Å². The zero-order valence-electron chi connectivity index (χ0n) is 10.3. The van der Waals surface area contributed by atoms with E-state index in [0.29, 0.717) is 17.8 Å². The third kappa shape index (κ3) is 2.32. The lowest BCUT2D eigenvalue weighted by Crippen LogP contribution is -2.30. The van der Waals surface area contributed by atoms with Crippen LogP contribution >= 0.6 is 0 Å². The van der Waals surface area contributed by atoms with Gasteiger partial charge in [0.05, 0.1) is 17.1 Å². The van der Waals surface area contributed by atoms with Gasteiger partial charge in [0.15, 0.2) is 27.6 Å². The van der Waals surface area contributed by atoms with E-state index in [-0.39, 0.29) is 29.6 Å². The molecular formula is C12H12O7S. The summed E-state index contributed by atoms with van der Waals surface area (Å²) in [6.07, 6.45) is -1.42. The van der Waals surface area contributed by atoms with Gasteiger partial charge in [-0.25, -0.2) is 8.42 Å². The number of ether oxygens (including phenoxy) is 3. The van der Waals surface area contributed by atoms with Gasteiger partial charge in [0, 0.05) is 6.07 Å². The summed E-state index contributed by atoms with van der Waals surface area (Å²) in [6, 6.07) is 2.92. The zero-order chi connectivity index (χ0) is 14.3. The summed E-state index contributed by atoms with van der Waals surface area (Å²) in [5.74, 6) is 0.407. The SMILES string of the molecule is O=Cc1cc2c(cc1OC1CS(=O)(=O)CC1O)OCO2. The van der Waals surface area contributed by atoms with Crippen LogP contribution in [0, 0.1) is 0 Å². The van der Waals surface area contributed by atoms with Crippen LogP contribution in [0.2, 0.25) is 0 Å². The van der Waals surface area contributed by atoms with Gasteiger partial charge in [-0.1, -0.05) is 0 Å². The topological polar surface area (TPSA) is 99.1 Å². The standard InChI is InChI=1S/C12H12O7S/c13-3-7-1-10-11(18-6-17-10)2-9(7)19-12-5-20(15,16)4-8(12)14/h1-3,8,12,14H,4-6H2. The predicted molar refractivity (Wildman–Crippen MR) is 67.0 cm³/mol. The number of sulfone groups is 1. The molecular weight excluding hydrogens is 288 g/mol. The van der Waals surface area contributed by atoms with E-state index in [1.807, 2.05) is 0 Å². The van der Waals surface area contributed by atoms with Crippen molar-refractivity contribution in [3.63, 3.8) is 0 Å². The van der Waals surface area contributed by atoms with E-state index in [4.69, 9.17) is 14.2 Å². The molecule has 3 rings (SSSR count). The lowest BCUT2D eigenvalue weighted by molar-refractivity contribution is 0.0727. The Kier molecular flexibility index (Phi) is 3.06. The Hall–Kier alpha value is -1.80. The molecule has 2 heterocycles. The fraction of sp³-hybridized carbons (Fsp3) is 0.417. The Morgan fingerprint density at radius 1 is 1.25 bits per heavy atom. The smallest absolute Gasteiger partial charge is 0.231 e. The molecule has 1 saturated heterocycles. The second kappa shape index (κ2) is 4.64. The van der Waals surface area contributed by atoms with Gasteiger partial charge in [-0.05, 0) is 6.07 Å². The number of hydrogen-bond donors (Lipinski definition) is 1. The van der Waals surface area contributed by atoms with Crippen LogP contribution in [0.25, 0.3) is 0 Å². The summed E-state index contributed by atoms with van der Waals surface area (Å²) in [7, 11) is -3.32. The number of hydrogen-bond acceptors (Lipinski definition) is 7. The maximum atomic E-state index is 11.4. The molecule has 0 aromatic heterocycles. The highest BCUT2D eigenvalue weighted by Crippen LogP contribution is 2.38. The van der Waals surface area contributed by atoms with Crippen LogP contribution in [-0.2, 0) is 9.84 Å². The lowest BCUT2D eigenvalue weighted by atomic mass is 10.2. The van der Waals surface area contributed by atoms with E-state index < -0.39 is 22.0 Å². The van der Waals surface area contributed by atoms with Gasteiger partial charge in [0.2, 0.25) is 6.79 Å². The van der Waals surface area contributed by atoms with E-state index >= 15 is 0 Å². The Bertz CT molecular complexity index is 652. The molecule has 0 amide bonds. The van der Waals surface area contributed by atoms with Crippen molar-refractivity contribution in [2.24, 2.45) is 0 Å². The molecule has 2 unspecified atom stereocenters. The van der Waals surface area contributed by atoms with Crippen molar-refractivity contribution in [1.29, 1.82) is 0 Å². The molecule has 1 N–H and O–H groups in total. The van der Waals surface area contributed by atoms with Crippen LogP contribution in [0.5, 0.6) is 17.2 Å². The molecule has 0 radical (unpaired) electrons. The first-order valence-corrected chi connectivity index (χ1v) is 7.74. The third-order valence-electron chi connectivity index (χ3n) is 3.18. The second-order valence-corrected chi connectivity index (χ2v) is 6.82.